The van der Waals surface area contributed by atoms with Gasteiger partial charge in [-0.15, -0.1) is 0 Å². The zero-order chi connectivity index (χ0) is 11.4. The molecule has 2 N–H and O–H groups in total. The third-order valence-corrected chi connectivity index (χ3v) is 2.45. The van der Waals surface area contributed by atoms with E-state index in [1.54, 1.807) is 7.11 Å². The molecular formula is C13H15NO2. The van der Waals surface area contributed by atoms with Gasteiger partial charge in [0.15, 0.2) is 0 Å². The maximum absolute atomic E-state index is 5.63. The molecule has 0 unspecified atom stereocenters. The molecule has 84 valence electrons. The van der Waals surface area contributed by atoms with E-state index in [1.807, 2.05) is 36.4 Å². The van der Waals surface area contributed by atoms with Crippen molar-refractivity contribution in [1.82, 2.24) is 0 Å². The van der Waals surface area contributed by atoms with Gasteiger partial charge in [-0.2, -0.15) is 0 Å². The molecule has 1 aromatic heterocycles. The van der Waals surface area contributed by atoms with Crippen LogP contribution < -0.4 is 5.73 Å². The van der Waals surface area contributed by atoms with Crippen molar-refractivity contribution in [1.29, 1.82) is 0 Å². The van der Waals surface area contributed by atoms with Crippen molar-refractivity contribution in [2.24, 2.45) is 5.73 Å². The Kier molecular flexibility index (Phi) is 3.39. The number of ether oxygens (including phenoxy) is 1. The molecule has 0 fully saturated rings. The predicted molar refractivity (Wildman–Crippen MR) is 62.7 cm³/mol. The Balaban J connectivity index is 2.38. The largest absolute Gasteiger partial charge is 0.460 e. The quantitative estimate of drug-likeness (QED) is 0.856. The van der Waals surface area contributed by atoms with Crippen LogP contribution >= 0.6 is 0 Å². The van der Waals surface area contributed by atoms with Crippen molar-refractivity contribution >= 4 is 0 Å². The first kappa shape index (κ1) is 10.9. The second-order valence-corrected chi connectivity index (χ2v) is 3.56. The van der Waals surface area contributed by atoms with Gasteiger partial charge >= 0.3 is 0 Å². The van der Waals surface area contributed by atoms with Crippen molar-refractivity contribution in [3.05, 3.63) is 47.7 Å². The van der Waals surface area contributed by atoms with E-state index < -0.39 is 0 Å². The predicted octanol–water partition coefficient (Wildman–Crippen LogP) is 2.55. The number of furan rings is 1. The number of hydrogen-bond donors (Lipinski definition) is 1. The molecule has 2 rings (SSSR count). The summed E-state index contributed by atoms with van der Waals surface area (Å²) in [6.07, 6.45) is 0. The van der Waals surface area contributed by atoms with Gasteiger partial charge in [-0.3, -0.25) is 0 Å². The summed E-state index contributed by atoms with van der Waals surface area (Å²) in [6.45, 7) is 1.00. The molecular weight excluding hydrogens is 202 g/mol. The molecule has 3 nitrogen and oxygen atoms in total. The van der Waals surface area contributed by atoms with Crippen LogP contribution in [0.2, 0.25) is 0 Å². The van der Waals surface area contributed by atoms with Crippen LogP contribution in [0.5, 0.6) is 0 Å². The number of benzene rings is 1. The second kappa shape index (κ2) is 4.96. The molecule has 0 saturated carbocycles. The Morgan fingerprint density at radius 2 is 2.00 bits per heavy atom. The molecule has 0 aliphatic heterocycles. The average Bonchev–Trinajstić information content (AvgIpc) is 2.79. The summed E-state index contributed by atoms with van der Waals surface area (Å²) >= 11 is 0. The highest BCUT2D eigenvalue weighted by Gasteiger charge is 2.08. The molecule has 0 aliphatic carbocycles. The van der Waals surface area contributed by atoms with E-state index in [0.29, 0.717) is 13.2 Å². The summed E-state index contributed by atoms with van der Waals surface area (Å²) in [6, 6.07) is 11.9. The molecule has 0 amide bonds. The van der Waals surface area contributed by atoms with Crippen LogP contribution in [0.1, 0.15) is 11.3 Å². The third kappa shape index (κ3) is 2.15. The van der Waals surface area contributed by atoms with Crippen molar-refractivity contribution in [2.75, 3.05) is 7.11 Å². The molecule has 16 heavy (non-hydrogen) atoms. The van der Waals surface area contributed by atoms with E-state index in [4.69, 9.17) is 14.9 Å². The summed E-state index contributed by atoms with van der Waals surface area (Å²) in [5.41, 5.74) is 7.69. The molecule has 0 saturated heterocycles. The summed E-state index contributed by atoms with van der Waals surface area (Å²) in [5, 5.41) is 0. The third-order valence-electron chi connectivity index (χ3n) is 2.45. The Labute approximate surface area is 94.8 Å². The van der Waals surface area contributed by atoms with E-state index >= 15 is 0 Å². The summed E-state index contributed by atoms with van der Waals surface area (Å²) in [5.74, 6) is 1.63. The van der Waals surface area contributed by atoms with Gasteiger partial charge in [-0.05, 0) is 17.7 Å². The minimum absolute atomic E-state index is 0.423. The standard InChI is InChI=1S/C13H15NO2/c1-15-9-10-4-2-3-5-12(10)13-7-6-11(8-14)16-13/h2-7H,8-9,14H2,1H3. The van der Waals surface area contributed by atoms with E-state index in [1.165, 1.54) is 0 Å². The normalized spacial score (nSPS) is 10.6. The maximum atomic E-state index is 5.63. The molecule has 0 radical (unpaired) electrons. The summed E-state index contributed by atoms with van der Waals surface area (Å²) in [7, 11) is 1.68. The first-order valence-corrected chi connectivity index (χ1v) is 5.21. The fourth-order valence-electron chi connectivity index (χ4n) is 1.67. The smallest absolute Gasteiger partial charge is 0.134 e. The Morgan fingerprint density at radius 3 is 2.69 bits per heavy atom. The number of rotatable bonds is 4. The molecule has 0 atom stereocenters. The average molecular weight is 217 g/mol. The molecule has 3 heteroatoms. The maximum Gasteiger partial charge on any atom is 0.134 e. The Morgan fingerprint density at radius 1 is 1.19 bits per heavy atom. The second-order valence-electron chi connectivity index (χ2n) is 3.56. The van der Waals surface area contributed by atoms with E-state index in [2.05, 4.69) is 0 Å². The number of hydrogen-bond acceptors (Lipinski definition) is 3. The zero-order valence-corrected chi connectivity index (χ0v) is 9.27. The molecule has 2 aromatic rings. The van der Waals surface area contributed by atoms with Crippen LogP contribution in [0.15, 0.2) is 40.8 Å². The number of nitrogens with two attached hydrogens (primary N) is 1. The molecule has 1 heterocycles. The van der Waals surface area contributed by atoms with Crippen LogP contribution in [0, 0.1) is 0 Å². The van der Waals surface area contributed by atoms with Crippen LogP contribution in [0.3, 0.4) is 0 Å². The van der Waals surface area contributed by atoms with Gasteiger partial charge in [0, 0.05) is 12.7 Å². The Bertz CT molecular complexity index is 462. The topological polar surface area (TPSA) is 48.4 Å². The van der Waals surface area contributed by atoms with Gasteiger partial charge in [0.25, 0.3) is 0 Å². The van der Waals surface area contributed by atoms with Crippen molar-refractivity contribution < 1.29 is 9.15 Å². The van der Waals surface area contributed by atoms with Gasteiger partial charge < -0.3 is 14.9 Å². The molecule has 0 bridgehead atoms. The van der Waals surface area contributed by atoms with Gasteiger partial charge in [0.1, 0.15) is 11.5 Å². The lowest BCUT2D eigenvalue weighted by Crippen LogP contribution is -1.93. The van der Waals surface area contributed by atoms with E-state index in [0.717, 1.165) is 22.6 Å². The first-order valence-electron chi connectivity index (χ1n) is 5.21. The van der Waals surface area contributed by atoms with Crippen LogP contribution in [0.4, 0.5) is 0 Å². The van der Waals surface area contributed by atoms with Gasteiger partial charge in [0.05, 0.1) is 13.2 Å². The van der Waals surface area contributed by atoms with Crippen molar-refractivity contribution in [2.45, 2.75) is 13.2 Å². The van der Waals surface area contributed by atoms with Crippen LogP contribution in [-0.2, 0) is 17.9 Å². The molecule has 0 aliphatic rings. The monoisotopic (exact) mass is 217 g/mol. The highest BCUT2D eigenvalue weighted by molar-refractivity contribution is 5.62. The minimum atomic E-state index is 0.423. The highest BCUT2D eigenvalue weighted by atomic mass is 16.5. The highest BCUT2D eigenvalue weighted by Crippen LogP contribution is 2.26. The summed E-state index contributed by atoms with van der Waals surface area (Å²) < 4.78 is 10.8. The number of methoxy groups -OCH3 is 1. The Hall–Kier alpha value is -1.58. The summed E-state index contributed by atoms with van der Waals surface area (Å²) in [4.78, 5) is 0. The lowest BCUT2D eigenvalue weighted by atomic mass is 10.1. The van der Waals surface area contributed by atoms with E-state index in [9.17, 15) is 0 Å². The van der Waals surface area contributed by atoms with Crippen molar-refractivity contribution in [3.8, 4) is 11.3 Å². The first-order chi connectivity index (χ1) is 7.85. The lowest BCUT2D eigenvalue weighted by molar-refractivity contribution is 0.185. The van der Waals surface area contributed by atoms with Gasteiger partial charge in [-0.1, -0.05) is 24.3 Å². The lowest BCUT2D eigenvalue weighted by Gasteiger charge is -2.05. The van der Waals surface area contributed by atoms with Crippen LogP contribution in [-0.4, -0.2) is 7.11 Å². The molecule has 1 aromatic carbocycles. The SMILES string of the molecule is COCc1ccccc1-c1ccc(CN)o1. The fourth-order valence-corrected chi connectivity index (χ4v) is 1.67. The van der Waals surface area contributed by atoms with Gasteiger partial charge in [0.2, 0.25) is 0 Å². The zero-order valence-electron chi connectivity index (χ0n) is 9.27. The van der Waals surface area contributed by atoms with Crippen molar-refractivity contribution in [3.63, 3.8) is 0 Å². The van der Waals surface area contributed by atoms with Crippen LogP contribution in [0.25, 0.3) is 11.3 Å². The van der Waals surface area contributed by atoms with E-state index in [-0.39, 0.29) is 0 Å². The minimum Gasteiger partial charge on any atom is -0.460 e. The fraction of sp³-hybridized carbons (Fsp3) is 0.231. The molecule has 0 spiro atoms. The van der Waals surface area contributed by atoms with Gasteiger partial charge in [-0.25, -0.2) is 0 Å².